The fourth-order valence-electron chi connectivity index (χ4n) is 3.02. The zero-order valence-electron chi connectivity index (χ0n) is 17.2. The van der Waals surface area contributed by atoms with Gasteiger partial charge in [0.05, 0.1) is 30.6 Å². The van der Waals surface area contributed by atoms with E-state index in [0.717, 1.165) is 6.20 Å². The van der Waals surface area contributed by atoms with E-state index in [1.165, 1.54) is 6.07 Å². The minimum atomic E-state index is -0.867. The van der Waals surface area contributed by atoms with E-state index < -0.39 is 12.0 Å². The van der Waals surface area contributed by atoms with Crippen molar-refractivity contribution in [3.05, 3.63) is 42.5 Å². The molecule has 1 fully saturated rings. The smallest absolute Gasteiger partial charge is 0.238 e. The first-order valence-electron chi connectivity index (χ1n) is 9.71. The fraction of sp³-hybridized carbons (Fsp3) is 0.350. The Bertz CT molecular complexity index is 1100. The van der Waals surface area contributed by atoms with Crippen molar-refractivity contribution in [1.29, 1.82) is 0 Å². The monoisotopic (exact) mass is 431 g/mol. The van der Waals surface area contributed by atoms with Crippen molar-refractivity contribution in [3.8, 4) is 5.88 Å². The largest absolute Gasteiger partial charge is 0.474 e. The molecule has 4 rings (SSSR count). The van der Waals surface area contributed by atoms with Crippen molar-refractivity contribution in [2.24, 2.45) is 0 Å². The van der Waals surface area contributed by atoms with Crippen molar-refractivity contribution >= 4 is 28.7 Å². The van der Waals surface area contributed by atoms with Gasteiger partial charge in [0.25, 0.3) is 0 Å². The zero-order chi connectivity index (χ0) is 22.0. The lowest BCUT2D eigenvalue weighted by atomic mass is 10.2. The molecule has 0 radical (unpaired) electrons. The number of rotatable bonds is 10. The number of alkyl halides is 1. The minimum absolute atomic E-state index is 0.216. The number of nitrogens with zero attached hydrogens (tertiary/aromatic N) is 4. The van der Waals surface area contributed by atoms with Crippen LogP contribution in [-0.4, -0.2) is 59.2 Å². The van der Waals surface area contributed by atoms with Crippen LogP contribution < -0.4 is 20.7 Å². The molecule has 0 aromatic carbocycles. The normalized spacial score (nSPS) is 17.4. The van der Waals surface area contributed by atoms with Gasteiger partial charge in [0.15, 0.2) is 5.65 Å². The van der Waals surface area contributed by atoms with E-state index in [0.29, 0.717) is 47.3 Å². The molecule has 1 aliphatic carbocycles. The fourth-order valence-corrected chi connectivity index (χ4v) is 3.02. The van der Waals surface area contributed by atoms with E-state index in [1.807, 2.05) is 0 Å². The first-order valence-corrected chi connectivity index (χ1v) is 9.71. The molecule has 3 heterocycles. The standard InChI is InChI=1S/C20H23F2N7O2/c1-11(26-15-7-14(15)22)13-10-25-29-18(23-2)8-17(28-19(13)29)27-16-6-12(21)9-24-20(16)31-5-4-30-3/h6,8-10,14-15,23,26H,1,4-5,7H2,2-3H3,(H,27,28)/t14-,15+/m1/s1. The Kier molecular flexibility index (Phi) is 5.85. The maximum absolute atomic E-state index is 13.8. The summed E-state index contributed by atoms with van der Waals surface area (Å²) in [6.07, 6.45) is 2.28. The average molecular weight is 431 g/mol. The van der Waals surface area contributed by atoms with Gasteiger partial charge < -0.3 is 25.4 Å². The third-order valence-electron chi connectivity index (χ3n) is 4.73. The average Bonchev–Trinajstić information content (AvgIpc) is 3.26. The van der Waals surface area contributed by atoms with Crippen molar-refractivity contribution in [2.45, 2.75) is 18.6 Å². The number of hydrogen-bond acceptors (Lipinski definition) is 8. The Balaban J connectivity index is 1.66. The lowest BCUT2D eigenvalue weighted by Gasteiger charge is -2.14. The molecular formula is C20H23F2N7O2. The Labute approximate surface area is 177 Å². The van der Waals surface area contributed by atoms with Gasteiger partial charge in [-0.1, -0.05) is 6.58 Å². The zero-order valence-corrected chi connectivity index (χ0v) is 17.2. The molecule has 0 amide bonds. The molecule has 0 bridgehead atoms. The summed E-state index contributed by atoms with van der Waals surface area (Å²) in [4.78, 5) is 8.60. The summed E-state index contributed by atoms with van der Waals surface area (Å²) < 4.78 is 39.3. The van der Waals surface area contributed by atoms with Crippen LogP contribution in [0.4, 0.5) is 26.1 Å². The maximum Gasteiger partial charge on any atom is 0.238 e. The molecule has 0 aliphatic heterocycles. The first kappa shape index (κ1) is 20.8. The number of halogens is 2. The molecule has 0 saturated heterocycles. The number of nitrogens with one attached hydrogen (secondary N) is 3. The van der Waals surface area contributed by atoms with Crippen LogP contribution in [0.25, 0.3) is 11.3 Å². The highest BCUT2D eigenvalue weighted by Crippen LogP contribution is 2.30. The Hall–Kier alpha value is -3.47. The molecule has 3 aromatic rings. The number of fused-ring (bicyclic) bond motifs is 1. The van der Waals surface area contributed by atoms with Gasteiger partial charge in [-0.15, -0.1) is 0 Å². The van der Waals surface area contributed by atoms with E-state index >= 15 is 0 Å². The number of pyridine rings is 1. The van der Waals surface area contributed by atoms with Crippen LogP contribution in [0.3, 0.4) is 0 Å². The second-order valence-corrected chi connectivity index (χ2v) is 7.02. The summed E-state index contributed by atoms with van der Waals surface area (Å²) in [5.74, 6) is 0.732. The van der Waals surface area contributed by atoms with E-state index in [2.05, 4.69) is 37.6 Å². The number of methoxy groups -OCH3 is 1. The quantitative estimate of drug-likeness (QED) is 0.422. The van der Waals surface area contributed by atoms with Crippen molar-refractivity contribution in [1.82, 2.24) is 24.9 Å². The third-order valence-corrected chi connectivity index (χ3v) is 4.73. The van der Waals surface area contributed by atoms with Crippen molar-refractivity contribution < 1.29 is 18.3 Å². The molecule has 9 nitrogen and oxygen atoms in total. The molecule has 3 N–H and O–H groups in total. The van der Waals surface area contributed by atoms with E-state index in [1.54, 1.807) is 30.9 Å². The van der Waals surface area contributed by atoms with Gasteiger partial charge in [-0.3, -0.25) is 0 Å². The highest BCUT2D eigenvalue weighted by Gasteiger charge is 2.38. The Morgan fingerprint density at radius 1 is 1.32 bits per heavy atom. The molecule has 164 valence electrons. The lowest BCUT2D eigenvalue weighted by Crippen LogP contribution is -2.16. The maximum atomic E-state index is 13.8. The Morgan fingerprint density at radius 2 is 2.13 bits per heavy atom. The number of ether oxygens (including phenoxy) is 2. The van der Waals surface area contributed by atoms with Gasteiger partial charge in [-0.2, -0.15) is 9.61 Å². The predicted molar refractivity (Wildman–Crippen MR) is 113 cm³/mol. The van der Waals surface area contributed by atoms with Gasteiger partial charge in [0.2, 0.25) is 5.88 Å². The summed E-state index contributed by atoms with van der Waals surface area (Å²) in [6, 6.07) is 2.74. The van der Waals surface area contributed by atoms with Crippen LogP contribution in [0.15, 0.2) is 31.1 Å². The first-order chi connectivity index (χ1) is 15.0. The van der Waals surface area contributed by atoms with Crippen LogP contribution in [0, 0.1) is 5.82 Å². The van der Waals surface area contributed by atoms with Gasteiger partial charge in [-0.05, 0) is 0 Å². The predicted octanol–water partition coefficient (Wildman–Crippen LogP) is 2.74. The van der Waals surface area contributed by atoms with Crippen LogP contribution in [-0.2, 0) is 4.74 Å². The molecular weight excluding hydrogens is 408 g/mol. The van der Waals surface area contributed by atoms with Gasteiger partial charge in [0.1, 0.15) is 35.9 Å². The molecule has 31 heavy (non-hydrogen) atoms. The Morgan fingerprint density at radius 3 is 2.84 bits per heavy atom. The highest BCUT2D eigenvalue weighted by molar-refractivity contribution is 5.77. The van der Waals surface area contributed by atoms with Crippen LogP contribution in [0.1, 0.15) is 12.0 Å². The van der Waals surface area contributed by atoms with E-state index in [4.69, 9.17) is 9.47 Å². The molecule has 0 spiro atoms. The molecule has 1 saturated carbocycles. The highest BCUT2D eigenvalue weighted by atomic mass is 19.1. The second-order valence-electron chi connectivity index (χ2n) is 7.02. The van der Waals surface area contributed by atoms with E-state index in [-0.39, 0.29) is 18.5 Å². The number of aromatic nitrogens is 4. The second kappa shape index (κ2) is 8.72. The number of hydrogen-bond donors (Lipinski definition) is 3. The SMILES string of the molecule is C=C(N[C@H]1C[C@H]1F)c1cnn2c(NC)cc(Nc3cc(F)cnc3OCCOC)nc12. The summed E-state index contributed by atoms with van der Waals surface area (Å²) in [5.41, 5.74) is 1.97. The van der Waals surface area contributed by atoms with Gasteiger partial charge >= 0.3 is 0 Å². The lowest BCUT2D eigenvalue weighted by molar-refractivity contribution is 0.144. The molecule has 0 unspecified atom stereocenters. The molecule has 1 aliphatic rings. The minimum Gasteiger partial charge on any atom is -0.474 e. The van der Waals surface area contributed by atoms with Crippen molar-refractivity contribution in [2.75, 3.05) is 38.0 Å². The topological polar surface area (TPSA) is 97.6 Å². The van der Waals surface area contributed by atoms with Crippen LogP contribution >= 0.6 is 0 Å². The summed E-state index contributed by atoms with van der Waals surface area (Å²) in [5, 5.41) is 13.5. The summed E-state index contributed by atoms with van der Waals surface area (Å²) in [6.45, 7) is 4.61. The van der Waals surface area contributed by atoms with Crippen LogP contribution in [0.5, 0.6) is 5.88 Å². The number of anilines is 3. The molecule has 3 aromatic heterocycles. The van der Waals surface area contributed by atoms with Gasteiger partial charge in [-0.25, -0.2) is 18.7 Å². The van der Waals surface area contributed by atoms with Gasteiger partial charge in [0, 0.05) is 38.4 Å². The van der Waals surface area contributed by atoms with Crippen LogP contribution in [0.2, 0.25) is 0 Å². The summed E-state index contributed by atoms with van der Waals surface area (Å²) in [7, 11) is 3.30. The van der Waals surface area contributed by atoms with E-state index in [9.17, 15) is 8.78 Å². The summed E-state index contributed by atoms with van der Waals surface area (Å²) >= 11 is 0. The third kappa shape index (κ3) is 4.50. The molecule has 11 heteroatoms. The molecule has 2 atom stereocenters. The van der Waals surface area contributed by atoms with Crippen molar-refractivity contribution in [3.63, 3.8) is 0 Å².